The van der Waals surface area contributed by atoms with E-state index in [2.05, 4.69) is 33.8 Å². The first-order chi connectivity index (χ1) is 8.59. The molecule has 0 N–H and O–H groups in total. The van der Waals surface area contributed by atoms with Crippen molar-refractivity contribution in [2.45, 2.75) is 66.2 Å². The first-order valence-corrected chi connectivity index (χ1v) is 7.80. The van der Waals surface area contributed by atoms with E-state index in [1.165, 1.54) is 37.7 Å². The van der Waals surface area contributed by atoms with Crippen LogP contribution < -0.4 is 0 Å². The van der Waals surface area contributed by atoms with E-state index in [-0.39, 0.29) is 0 Å². The van der Waals surface area contributed by atoms with Gasteiger partial charge in [0.05, 0.1) is 6.61 Å². The van der Waals surface area contributed by atoms with Crippen LogP contribution in [0.2, 0.25) is 0 Å². The van der Waals surface area contributed by atoms with Gasteiger partial charge in [-0.2, -0.15) is 0 Å². The van der Waals surface area contributed by atoms with E-state index in [0.717, 1.165) is 37.4 Å². The molecule has 0 aromatic rings. The molecule has 0 radical (unpaired) electrons. The average Bonchev–Trinajstić information content (AvgIpc) is 2.34. The van der Waals surface area contributed by atoms with Gasteiger partial charge in [0.25, 0.3) is 0 Å². The van der Waals surface area contributed by atoms with Gasteiger partial charge in [-0.25, -0.2) is 0 Å². The Bertz CT molecular complexity index is 230. The molecular formula is C17H32O. The Kier molecular flexibility index (Phi) is 7.65. The molecule has 1 heteroatoms. The van der Waals surface area contributed by atoms with E-state index in [0.29, 0.717) is 0 Å². The second-order valence-electron chi connectivity index (χ2n) is 6.50. The zero-order valence-corrected chi connectivity index (χ0v) is 12.9. The summed E-state index contributed by atoms with van der Waals surface area (Å²) >= 11 is 0. The van der Waals surface area contributed by atoms with Crippen LogP contribution in [0.15, 0.2) is 11.6 Å². The molecule has 0 aliphatic heterocycles. The van der Waals surface area contributed by atoms with Crippen LogP contribution in [0.3, 0.4) is 0 Å². The second-order valence-corrected chi connectivity index (χ2v) is 6.50. The minimum atomic E-state index is 0.881. The van der Waals surface area contributed by atoms with Crippen molar-refractivity contribution in [2.75, 3.05) is 13.2 Å². The molecule has 1 saturated carbocycles. The van der Waals surface area contributed by atoms with Crippen molar-refractivity contribution in [1.82, 2.24) is 0 Å². The quantitative estimate of drug-likeness (QED) is 0.446. The lowest BCUT2D eigenvalue weighted by Gasteiger charge is -2.30. The summed E-state index contributed by atoms with van der Waals surface area (Å²) in [5.74, 6) is 2.80. The van der Waals surface area contributed by atoms with E-state index in [1.807, 2.05) is 0 Å². The molecule has 0 aromatic carbocycles. The number of ether oxygens (including phenoxy) is 1. The molecule has 0 bridgehead atoms. The van der Waals surface area contributed by atoms with Crippen molar-refractivity contribution in [2.24, 2.45) is 17.8 Å². The molecule has 0 atom stereocenters. The van der Waals surface area contributed by atoms with Crippen LogP contribution in [0.25, 0.3) is 0 Å². The maximum Gasteiger partial charge on any atom is 0.0500 e. The molecule has 0 unspecified atom stereocenters. The lowest BCUT2D eigenvalue weighted by molar-refractivity contribution is 0.109. The largest absolute Gasteiger partial charge is 0.381 e. The molecule has 0 saturated heterocycles. The number of hydrogen-bond donors (Lipinski definition) is 0. The number of hydrogen-bond acceptors (Lipinski definition) is 1. The first kappa shape index (κ1) is 15.8. The fourth-order valence-electron chi connectivity index (χ4n) is 2.93. The molecule has 1 aliphatic carbocycles. The molecule has 1 nitrogen and oxygen atoms in total. The van der Waals surface area contributed by atoms with Gasteiger partial charge in [-0.1, -0.05) is 38.3 Å². The maximum atomic E-state index is 5.72. The summed E-state index contributed by atoms with van der Waals surface area (Å²) in [4.78, 5) is 0. The number of rotatable bonds is 7. The lowest BCUT2D eigenvalue weighted by Crippen LogP contribution is -2.19. The van der Waals surface area contributed by atoms with Gasteiger partial charge in [-0.05, 0) is 57.3 Å². The normalized spacial score (nSPS) is 24.3. The Labute approximate surface area is 114 Å². The smallest absolute Gasteiger partial charge is 0.0500 e. The molecule has 1 aliphatic rings. The summed E-state index contributed by atoms with van der Waals surface area (Å²) in [6.45, 7) is 10.9. The topological polar surface area (TPSA) is 9.23 Å². The van der Waals surface area contributed by atoms with Gasteiger partial charge in [-0.3, -0.25) is 0 Å². The zero-order chi connectivity index (χ0) is 13.4. The third-order valence-corrected chi connectivity index (χ3v) is 4.32. The average molecular weight is 252 g/mol. The van der Waals surface area contributed by atoms with Crippen molar-refractivity contribution in [3.05, 3.63) is 11.6 Å². The Balaban J connectivity index is 1.99. The van der Waals surface area contributed by atoms with Gasteiger partial charge in [-0.15, -0.1) is 0 Å². The molecule has 106 valence electrons. The van der Waals surface area contributed by atoms with Crippen LogP contribution >= 0.6 is 0 Å². The summed E-state index contributed by atoms with van der Waals surface area (Å²) in [5.41, 5.74) is 1.39. The molecule has 0 spiro atoms. The third-order valence-electron chi connectivity index (χ3n) is 4.32. The minimum absolute atomic E-state index is 0.881. The number of allylic oxidation sites excluding steroid dienone is 1. The van der Waals surface area contributed by atoms with E-state index >= 15 is 0 Å². The summed E-state index contributed by atoms with van der Waals surface area (Å²) < 4.78 is 5.72. The molecular weight excluding hydrogens is 220 g/mol. The van der Waals surface area contributed by atoms with Gasteiger partial charge in [0.15, 0.2) is 0 Å². The van der Waals surface area contributed by atoms with Gasteiger partial charge < -0.3 is 4.74 Å². The second kappa shape index (κ2) is 8.74. The van der Waals surface area contributed by atoms with E-state index in [1.54, 1.807) is 0 Å². The summed E-state index contributed by atoms with van der Waals surface area (Å²) in [5, 5.41) is 0. The van der Waals surface area contributed by atoms with E-state index in [9.17, 15) is 0 Å². The van der Waals surface area contributed by atoms with Gasteiger partial charge >= 0.3 is 0 Å². The van der Waals surface area contributed by atoms with Crippen molar-refractivity contribution < 1.29 is 4.74 Å². The van der Waals surface area contributed by atoms with Gasteiger partial charge in [0.1, 0.15) is 0 Å². The summed E-state index contributed by atoms with van der Waals surface area (Å²) in [6.07, 6.45) is 10.4. The van der Waals surface area contributed by atoms with Gasteiger partial charge in [0.2, 0.25) is 0 Å². The van der Waals surface area contributed by atoms with Crippen LogP contribution in [-0.4, -0.2) is 13.2 Å². The van der Waals surface area contributed by atoms with Crippen molar-refractivity contribution >= 4 is 0 Å². The zero-order valence-electron chi connectivity index (χ0n) is 12.9. The Hall–Kier alpha value is -0.300. The van der Waals surface area contributed by atoms with Gasteiger partial charge in [0, 0.05) is 6.61 Å². The Morgan fingerprint density at radius 1 is 1.11 bits per heavy atom. The highest BCUT2D eigenvalue weighted by Gasteiger charge is 2.22. The molecule has 0 amide bonds. The standard InChI is InChI=1S/C17H32O/c1-14(2)6-5-12-18-13-11-16-7-9-17(10-8-16)15(3)4/h6,15-17H,5,7-13H2,1-4H3. The van der Waals surface area contributed by atoms with Crippen molar-refractivity contribution in [3.63, 3.8) is 0 Å². The lowest BCUT2D eigenvalue weighted by atomic mass is 9.76. The highest BCUT2D eigenvalue weighted by atomic mass is 16.5. The van der Waals surface area contributed by atoms with Crippen LogP contribution in [0, 0.1) is 17.8 Å². The predicted molar refractivity (Wildman–Crippen MR) is 79.8 cm³/mol. The van der Waals surface area contributed by atoms with E-state index < -0.39 is 0 Å². The van der Waals surface area contributed by atoms with Crippen molar-refractivity contribution in [1.29, 1.82) is 0 Å². The fraction of sp³-hybridized carbons (Fsp3) is 0.882. The summed E-state index contributed by atoms with van der Waals surface area (Å²) in [7, 11) is 0. The highest BCUT2D eigenvalue weighted by molar-refractivity contribution is 4.92. The molecule has 18 heavy (non-hydrogen) atoms. The van der Waals surface area contributed by atoms with Crippen LogP contribution in [-0.2, 0) is 4.74 Å². The molecule has 1 rings (SSSR count). The molecule has 1 fully saturated rings. The SMILES string of the molecule is CC(C)=CCCOCCC1CCC(C(C)C)CC1. The highest BCUT2D eigenvalue weighted by Crippen LogP contribution is 2.34. The monoisotopic (exact) mass is 252 g/mol. The maximum absolute atomic E-state index is 5.72. The van der Waals surface area contributed by atoms with Crippen LogP contribution in [0.4, 0.5) is 0 Å². The minimum Gasteiger partial charge on any atom is -0.381 e. The van der Waals surface area contributed by atoms with Crippen LogP contribution in [0.5, 0.6) is 0 Å². The first-order valence-electron chi connectivity index (χ1n) is 7.80. The fourth-order valence-corrected chi connectivity index (χ4v) is 2.93. The predicted octanol–water partition coefficient (Wildman–Crippen LogP) is 5.21. The van der Waals surface area contributed by atoms with E-state index in [4.69, 9.17) is 4.74 Å². The third kappa shape index (κ3) is 6.58. The molecule has 0 heterocycles. The van der Waals surface area contributed by atoms with Crippen LogP contribution in [0.1, 0.15) is 66.2 Å². The Morgan fingerprint density at radius 2 is 1.78 bits per heavy atom. The van der Waals surface area contributed by atoms with Crippen molar-refractivity contribution in [3.8, 4) is 0 Å². The molecule has 0 aromatic heterocycles. The summed E-state index contributed by atoms with van der Waals surface area (Å²) in [6, 6.07) is 0. The Morgan fingerprint density at radius 3 is 2.33 bits per heavy atom.